The van der Waals surface area contributed by atoms with Crippen molar-refractivity contribution in [1.82, 2.24) is 0 Å². The molecule has 0 radical (unpaired) electrons. The molecule has 0 aliphatic heterocycles. The number of anilines is 1. The molecule has 104 valence electrons. The molecule has 0 saturated carbocycles. The zero-order chi connectivity index (χ0) is 13.9. The van der Waals surface area contributed by atoms with E-state index in [-0.39, 0.29) is 0 Å². The van der Waals surface area contributed by atoms with Gasteiger partial charge in [-0.3, -0.25) is 0 Å². The molecule has 3 rings (SSSR count). The normalized spacial score (nSPS) is 13.2. The number of nitrogen functional groups attached to an aromatic ring is 1. The summed E-state index contributed by atoms with van der Waals surface area (Å²) in [5, 5.41) is 0. The van der Waals surface area contributed by atoms with Gasteiger partial charge in [0.15, 0.2) is 0 Å². The number of methoxy groups -OCH3 is 1. The molecule has 2 aromatic rings. The summed E-state index contributed by atoms with van der Waals surface area (Å²) in [5.41, 5.74) is 10.9. The zero-order valence-corrected chi connectivity index (χ0v) is 12.5. The van der Waals surface area contributed by atoms with Gasteiger partial charge in [-0.05, 0) is 60.2 Å². The maximum atomic E-state index is 5.89. The van der Waals surface area contributed by atoms with Gasteiger partial charge < -0.3 is 10.5 Å². The average Bonchev–Trinajstić information content (AvgIpc) is 2.92. The van der Waals surface area contributed by atoms with Crippen molar-refractivity contribution in [2.45, 2.75) is 29.9 Å². The smallest absolute Gasteiger partial charge is 0.121 e. The van der Waals surface area contributed by atoms with Crippen LogP contribution in [0.15, 0.2) is 41.3 Å². The Balaban J connectivity index is 1.71. The molecule has 2 aromatic carbocycles. The van der Waals surface area contributed by atoms with E-state index in [0.29, 0.717) is 0 Å². The number of hydrogen-bond donors (Lipinski definition) is 1. The Hall–Kier alpha value is -1.61. The fraction of sp³-hybridized carbons (Fsp3) is 0.294. The van der Waals surface area contributed by atoms with Crippen LogP contribution in [0.1, 0.15) is 23.1 Å². The van der Waals surface area contributed by atoms with Crippen molar-refractivity contribution in [3.05, 3.63) is 53.1 Å². The quantitative estimate of drug-likeness (QED) is 0.679. The summed E-state index contributed by atoms with van der Waals surface area (Å²) in [6, 6.07) is 12.8. The topological polar surface area (TPSA) is 35.2 Å². The SMILES string of the molecule is COc1cc(N)cc(CSc2ccc3c(c2)CCC3)c1. The van der Waals surface area contributed by atoms with Crippen molar-refractivity contribution in [2.24, 2.45) is 0 Å². The summed E-state index contributed by atoms with van der Waals surface area (Å²) in [6.45, 7) is 0. The van der Waals surface area contributed by atoms with E-state index in [1.807, 2.05) is 23.9 Å². The highest BCUT2D eigenvalue weighted by atomic mass is 32.2. The number of hydrogen-bond acceptors (Lipinski definition) is 3. The molecule has 0 spiro atoms. The van der Waals surface area contributed by atoms with Gasteiger partial charge >= 0.3 is 0 Å². The standard InChI is InChI=1S/C17H19NOS/c1-19-16-8-12(7-15(18)10-16)11-20-17-6-5-13-3-2-4-14(13)9-17/h5-10H,2-4,11,18H2,1H3. The molecule has 0 atom stereocenters. The van der Waals surface area contributed by atoms with E-state index < -0.39 is 0 Å². The average molecular weight is 285 g/mol. The van der Waals surface area contributed by atoms with Crippen LogP contribution in [0.5, 0.6) is 5.75 Å². The highest BCUT2D eigenvalue weighted by Gasteiger charge is 2.11. The first-order valence-corrected chi connectivity index (χ1v) is 7.91. The van der Waals surface area contributed by atoms with Crippen LogP contribution in [0.25, 0.3) is 0 Å². The molecule has 2 N–H and O–H groups in total. The van der Waals surface area contributed by atoms with E-state index in [2.05, 4.69) is 24.3 Å². The lowest BCUT2D eigenvalue weighted by atomic mass is 10.1. The lowest BCUT2D eigenvalue weighted by Crippen LogP contribution is -1.91. The number of ether oxygens (including phenoxy) is 1. The van der Waals surface area contributed by atoms with Crippen molar-refractivity contribution in [2.75, 3.05) is 12.8 Å². The predicted octanol–water partition coefficient (Wildman–Crippen LogP) is 4.06. The molecular weight excluding hydrogens is 266 g/mol. The minimum atomic E-state index is 0.758. The van der Waals surface area contributed by atoms with Crippen molar-refractivity contribution in [1.29, 1.82) is 0 Å². The third kappa shape index (κ3) is 2.93. The van der Waals surface area contributed by atoms with Crippen LogP contribution >= 0.6 is 11.8 Å². The molecule has 0 bridgehead atoms. The van der Waals surface area contributed by atoms with E-state index in [4.69, 9.17) is 10.5 Å². The number of rotatable bonds is 4. The molecule has 0 aromatic heterocycles. The van der Waals surface area contributed by atoms with Gasteiger partial charge in [-0.2, -0.15) is 0 Å². The molecule has 0 unspecified atom stereocenters. The molecule has 0 heterocycles. The molecule has 0 amide bonds. The molecule has 1 aliphatic carbocycles. The zero-order valence-electron chi connectivity index (χ0n) is 11.7. The first-order valence-electron chi connectivity index (χ1n) is 6.92. The van der Waals surface area contributed by atoms with E-state index in [1.165, 1.54) is 40.8 Å². The fourth-order valence-electron chi connectivity index (χ4n) is 2.69. The maximum absolute atomic E-state index is 5.89. The van der Waals surface area contributed by atoms with Crippen LogP contribution in [0, 0.1) is 0 Å². The van der Waals surface area contributed by atoms with Gasteiger partial charge in [0.2, 0.25) is 0 Å². The maximum Gasteiger partial charge on any atom is 0.121 e. The minimum absolute atomic E-state index is 0.758. The van der Waals surface area contributed by atoms with Crippen LogP contribution in [-0.4, -0.2) is 7.11 Å². The largest absolute Gasteiger partial charge is 0.497 e. The number of fused-ring (bicyclic) bond motifs is 1. The van der Waals surface area contributed by atoms with Crippen LogP contribution in [-0.2, 0) is 18.6 Å². The van der Waals surface area contributed by atoms with Gasteiger partial charge in [0.05, 0.1) is 7.11 Å². The Labute approximate surface area is 124 Å². The van der Waals surface area contributed by atoms with Crippen LogP contribution < -0.4 is 10.5 Å². The molecule has 3 heteroatoms. The monoisotopic (exact) mass is 285 g/mol. The third-order valence-corrected chi connectivity index (χ3v) is 4.76. The first kappa shape index (κ1) is 13.4. The van der Waals surface area contributed by atoms with E-state index >= 15 is 0 Å². The minimum Gasteiger partial charge on any atom is -0.497 e. The summed E-state index contributed by atoms with van der Waals surface area (Å²) in [4.78, 5) is 1.34. The molecule has 0 fully saturated rings. The molecule has 0 saturated heterocycles. The second kappa shape index (κ2) is 5.80. The summed E-state index contributed by atoms with van der Waals surface area (Å²) >= 11 is 1.86. The van der Waals surface area contributed by atoms with Gasteiger partial charge in [0, 0.05) is 22.4 Å². The van der Waals surface area contributed by atoms with Crippen LogP contribution in [0.4, 0.5) is 5.69 Å². The Morgan fingerprint density at radius 2 is 1.95 bits per heavy atom. The van der Waals surface area contributed by atoms with Gasteiger partial charge in [-0.25, -0.2) is 0 Å². The molecular formula is C17H19NOS. The highest BCUT2D eigenvalue weighted by Crippen LogP contribution is 2.30. The second-order valence-electron chi connectivity index (χ2n) is 5.19. The second-order valence-corrected chi connectivity index (χ2v) is 6.24. The summed E-state index contributed by atoms with van der Waals surface area (Å²) in [7, 11) is 1.67. The fourth-order valence-corrected chi connectivity index (χ4v) is 3.58. The van der Waals surface area contributed by atoms with Crippen molar-refractivity contribution in [3.63, 3.8) is 0 Å². The number of benzene rings is 2. The lowest BCUT2D eigenvalue weighted by Gasteiger charge is -2.08. The van der Waals surface area contributed by atoms with Gasteiger partial charge in [0.1, 0.15) is 5.75 Å². The highest BCUT2D eigenvalue weighted by molar-refractivity contribution is 7.98. The van der Waals surface area contributed by atoms with Crippen molar-refractivity contribution < 1.29 is 4.74 Å². The molecule has 2 nitrogen and oxygen atoms in total. The Morgan fingerprint density at radius 3 is 2.80 bits per heavy atom. The van der Waals surface area contributed by atoms with E-state index in [0.717, 1.165) is 17.2 Å². The lowest BCUT2D eigenvalue weighted by molar-refractivity contribution is 0.414. The third-order valence-electron chi connectivity index (χ3n) is 3.70. The van der Waals surface area contributed by atoms with Crippen molar-refractivity contribution >= 4 is 17.4 Å². The Bertz CT molecular complexity index is 624. The predicted molar refractivity (Wildman–Crippen MR) is 85.4 cm³/mol. The van der Waals surface area contributed by atoms with Gasteiger partial charge in [-0.15, -0.1) is 11.8 Å². The van der Waals surface area contributed by atoms with E-state index in [1.54, 1.807) is 7.11 Å². The molecule has 1 aliphatic rings. The van der Waals surface area contributed by atoms with Crippen LogP contribution in [0.2, 0.25) is 0 Å². The number of thioether (sulfide) groups is 1. The van der Waals surface area contributed by atoms with Crippen LogP contribution in [0.3, 0.4) is 0 Å². The van der Waals surface area contributed by atoms with Crippen molar-refractivity contribution in [3.8, 4) is 5.75 Å². The van der Waals surface area contributed by atoms with Gasteiger partial charge in [0.25, 0.3) is 0 Å². The summed E-state index contributed by atoms with van der Waals surface area (Å²) in [6.07, 6.45) is 3.78. The number of nitrogens with two attached hydrogens (primary N) is 1. The van der Waals surface area contributed by atoms with E-state index in [9.17, 15) is 0 Å². The summed E-state index contributed by atoms with van der Waals surface area (Å²) < 4.78 is 5.26. The molecule has 20 heavy (non-hydrogen) atoms. The number of aryl methyl sites for hydroxylation is 2. The van der Waals surface area contributed by atoms with Gasteiger partial charge in [-0.1, -0.05) is 6.07 Å². The Morgan fingerprint density at radius 1 is 1.10 bits per heavy atom. The first-order chi connectivity index (χ1) is 9.74. The summed E-state index contributed by atoms with van der Waals surface area (Å²) in [5.74, 6) is 1.75. The Kier molecular flexibility index (Phi) is 3.88.